The molecule has 0 aliphatic rings. The first-order chi connectivity index (χ1) is 9.95. The van der Waals surface area contributed by atoms with Crippen LogP contribution in [0.15, 0.2) is 28.7 Å². The van der Waals surface area contributed by atoms with E-state index in [1.807, 2.05) is 6.92 Å². The maximum absolute atomic E-state index is 5.82. The van der Waals surface area contributed by atoms with Gasteiger partial charge in [0.25, 0.3) is 0 Å². The number of hydrogen-bond acceptors (Lipinski definition) is 2. The molecule has 0 bridgehead atoms. The van der Waals surface area contributed by atoms with Crippen LogP contribution in [0.25, 0.3) is 0 Å². The Hall–Kier alpha value is -1.54. The van der Waals surface area contributed by atoms with Gasteiger partial charge in [0.15, 0.2) is 0 Å². The Bertz CT molecular complexity index is 593. The Labute approximate surface area is 128 Å². The molecule has 1 heterocycles. The predicted octanol–water partition coefficient (Wildman–Crippen LogP) is 5.03. The molecule has 2 rings (SSSR count). The molecular formula is C19H27NO. The lowest BCUT2D eigenvalue weighted by Gasteiger charge is -2.20. The summed E-state index contributed by atoms with van der Waals surface area (Å²) in [7, 11) is 0. The quantitative estimate of drug-likeness (QED) is 0.833. The third-order valence-corrected chi connectivity index (χ3v) is 4.25. The van der Waals surface area contributed by atoms with Crippen LogP contribution < -0.4 is 5.32 Å². The summed E-state index contributed by atoms with van der Waals surface area (Å²) in [5.41, 5.74) is 5.22. The molecule has 114 valence electrons. The van der Waals surface area contributed by atoms with Gasteiger partial charge in [-0.1, -0.05) is 45.0 Å². The summed E-state index contributed by atoms with van der Waals surface area (Å²) >= 11 is 0. The zero-order valence-corrected chi connectivity index (χ0v) is 14.1. The van der Waals surface area contributed by atoms with Crippen molar-refractivity contribution in [2.75, 3.05) is 6.54 Å². The number of nitrogens with one attached hydrogen (secondary N) is 1. The zero-order chi connectivity index (χ0) is 15.6. The highest BCUT2D eigenvalue weighted by Gasteiger charge is 2.22. The highest BCUT2D eigenvalue weighted by molar-refractivity contribution is 5.41. The molecule has 21 heavy (non-hydrogen) atoms. The van der Waals surface area contributed by atoms with Crippen molar-refractivity contribution < 1.29 is 4.42 Å². The van der Waals surface area contributed by atoms with Gasteiger partial charge < -0.3 is 9.73 Å². The maximum atomic E-state index is 5.82. The van der Waals surface area contributed by atoms with Gasteiger partial charge in [0.1, 0.15) is 11.5 Å². The molecule has 2 aromatic rings. The van der Waals surface area contributed by atoms with Gasteiger partial charge in [-0.2, -0.15) is 0 Å². The Morgan fingerprint density at radius 1 is 0.952 bits per heavy atom. The highest BCUT2D eigenvalue weighted by Crippen LogP contribution is 2.32. The lowest BCUT2D eigenvalue weighted by atomic mass is 9.93. The summed E-state index contributed by atoms with van der Waals surface area (Å²) in [6.45, 7) is 13.8. The van der Waals surface area contributed by atoms with E-state index < -0.39 is 0 Å². The second kappa shape index (κ2) is 6.48. The van der Waals surface area contributed by atoms with Gasteiger partial charge in [0.2, 0.25) is 0 Å². The fraction of sp³-hybridized carbons (Fsp3) is 0.474. The van der Waals surface area contributed by atoms with E-state index in [4.69, 9.17) is 4.42 Å². The van der Waals surface area contributed by atoms with E-state index in [-0.39, 0.29) is 6.04 Å². The van der Waals surface area contributed by atoms with Crippen molar-refractivity contribution in [1.82, 2.24) is 5.32 Å². The molecule has 0 fully saturated rings. The third kappa shape index (κ3) is 3.21. The lowest BCUT2D eigenvalue weighted by Crippen LogP contribution is -2.23. The number of hydrogen-bond donors (Lipinski definition) is 1. The first kappa shape index (κ1) is 15.8. The SMILES string of the molecule is CCNC(c1ccc(C(C)C)cc1)c1c(C)oc(C)c1C. The summed E-state index contributed by atoms with van der Waals surface area (Å²) in [6.07, 6.45) is 0. The Morgan fingerprint density at radius 3 is 1.95 bits per heavy atom. The fourth-order valence-electron chi connectivity index (χ4n) is 2.90. The van der Waals surface area contributed by atoms with Crippen LogP contribution in [0, 0.1) is 20.8 Å². The van der Waals surface area contributed by atoms with Crippen LogP contribution in [-0.4, -0.2) is 6.54 Å². The molecule has 0 aliphatic carbocycles. The normalized spacial score (nSPS) is 12.9. The summed E-state index contributed by atoms with van der Waals surface area (Å²) in [5, 5.41) is 3.60. The van der Waals surface area contributed by atoms with Crippen LogP contribution in [0.3, 0.4) is 0 Å². The van der Waals surface area contributed by atoms with Crippen LogP contribution >= 0.6 is 0 Å². The lowest BCUT2D eigenvalue weighted by molar-refractivity contribution is 0.494. The number of rotatable bonds is 5. The first-order valence-corrected chi connectivity index (χ1v) is 7.85. The third-order valence-electron chi connectivity index (χ3n) is 4.25. The second-order valence-corrected chi connectivity index (χ2v) is 6.07. The van der Waals surface area contributed by atoms with E-state index in [2.05, 4.69) is 64.2 Å². The predicted molar refractivity (Wildman–Crippen MR) is 89.0 cm³/mol. The highest BCUT2D eigenvalue weighted by atomic mass is 16.3. The van der Waals surface area contributed by atoms with Gasteiger partial charge in [-0.05, 0) is 49.9 Å². The van der Waals surface area contributed by atoms with Gasteiger partial charge in [0.05, 0.1) is 6.04 Å². The molecule has 1 unspecified atom stereocenters. The van der Waals surface area contributed by atoms with Crippen LogP contribution in [0.5, 0.6) is 0 Å². The number of benzene rings is 1. The molecule has 1 N–H and O–H groups in total. The molecule has 0 amide bonds. The van der Waals surface area contributed by atoms with Gasteiger partial charge in [-0.25, -0.2) is 0 Å². The van der Waals surface area contributed by atoms with E-state index in [0.29, 0.717) is 5.92 Å². The van der Waals surface area contributed by atoms with Gasteiger partial charge in [0, 0.05) is 5.56 Å². The van der Waals surface area contributed by atoms with Crippen molar-refractivity contribution in [2.24, 2.45) is 0 Å². The van der Waals surface area contributed by atoms with E-state index in [0.717, 1.165) is 18.1 Å². The minimum absolute atomic E-state index is 0.202. The van der Waals surface area contributed by atoms with Gasteiger partial charge in [-0.3, -0.25) is 0 Å². The Morgan fingerprint density at radius 2 is 1.52 bits per heavy atom. The van der Waals surface area contributed by atoms with Gasteiger partial charge in [-0.15, -0.1) is 0 Å². The van der Waals surface area contributed by atoms with Crippen molar-refractivity contribution in [3.05, 3.63) is 58.0 Å². The molecular weight excluding hydrogens is 258 g/mol. The van der Waals surface area contributed by atoms with Crippen LogP contribution in [0.1, 0.15) is 66.5 Å². The summed E-state index contributed by atoms with van der Waals surface area (Å²) in [4.78, 5) is 0. The molecule has 1 aromatic heterocycles. The molecule has 2 nitrogen and oxygen atoms in total. The second-order valence-electron chi connectivity index (χ2n) is 6.07. The van der Waals surface area contributed by atoms with Crippen molar-refractivity contribution in [3.8, 4) is 0 Å². The molecule has 0 saturated heterocycles. The fourth-order valence-corrected chi connectivity index (χ4v) is 2.90. The molecule has 1 aromatic carbocycles. The molecule has 0 aliphatic heterocycles. The first-order valence-electron chi connectivity index (χ1n) is 7.85. The smallest absolute Gasteiger partial charge is 0.106 e. The van der Waals surface area contributed by atoms with Gasteiger partial charge >= 0.3 is 0 Å². The Balaban J connectivity index is 2.43. The number of furan rings is 1. The van der Waals surface area contributed by atoms with Crippen molar-refractivity contribution in [2.45, 2.75) is 53.5 Å². The minimum Gasteiger partial charge on any atom is -0.466 e. The molecule has 0 spiro atoms. The van der Waals surface area contributed by atoms with Crippen LogP contribution in [0.2, 0.25) is 0 Å². The van der Waals surface area contributed by atoms with Crippen LogP contribution in [-0.2, 0) is 0 Å². The van der Waals surface area contributed by atoms with E-state index in [1.165, 1.54) is 22.3 Å². The summed E-state index contributed by atoms with van der Waals surface area (Å²) in [5.74, 6) is 2.60. The molecule has 0 radical (unpaired) electrons. The van der Waals surface area contributed by atoms with E-state index in [1.54, 1.807) is 0 Å². The Kier molecular flexibility index (Phi) is 4.89. The van der Waals surface area contributed by atoms with Crippen molar-refractivity contribution in [3.63, 3.8) is 0 Å². The van der Waals surface area contributed by atoms with Crippen LogP contribution in [0.4, 0.5) is 0 Å². The summed E-state index contributed by atoms with van der Waals surface area (Å²) < 4.78 is 5.82. The topological polar surface area (TPSA) is 25.2 Å². The molecule has 2 heteroatoms. The summed E-state index contributed by atoms with van der Waals surface area (Å²) in [6, 6.07) is 9.16. The zero-order valence-electron chi connectivity index (χ0n) is 14.1. The standard InChI is InChI=1S/C19H27NO/c1-7-20-19(18-13(4)14(5)21-15(18)6)17-10-8-16(9-11-17)12(2)3/h8-12,19-20H,7H2,1-6H3. The largest absolute Gasteiger partial charge is 0.466 e. The molecule has 1 atom stereocenters. The monoisotopic (exact) mass is 285 g/mol. The van der Waals surface area contributed by atoms with Crippen molar-refractivity contribution >= 4 is 0 Å². The van der Waals surface area contributed by atoms with Crippen molar-refractivity contribution in [1.29, 1.82) is 0 Å². The van der Waals surface area contributed by atoms with E-state index in [9.17, 15) is 0 Å². The molecule has 0 saturated carbocycles. The average Bonchev–Trinajstić information content (AvgIpc) is 2.70. The number of aryl methyl sites for hydroxylation is 2. The maximum Gasteiger partial charge on any atom is 0.106 e. The van der Waals surface area contributed by atoms with E-state index >= 15 is 0 Å². The minimum atomic E-state index is 0.202. The average molecular weight is 285 g/mol.